The summed E-state index contributed by atoms with van der Waals surface area (Å²) in [6.07, 6.45) is 2.69. The van der Waals surface area contributed by atoms with Crippen molar-refractivity contribution in [2.75, 3.05) is 5.75 Å². The van der Waals surface area contributed by atoms with Crippen LogP contribution in [0.3, 0.4) is 0 Å². The molecule has 0 saturated heterocycles. The van der Waals surface area contributed by atoms with Gasteiger partial charge in [-0.2, -0.15) is 17.0 Å². The number of amides is 1. The van der Waals surface area contributed by atoms with Gasteiger partial charge in [-0.15, -0.1) is 11.3 Å². The topological polar surface area (TPSA) is 52.9 Å². The van der Waals surface area contributed by atoms with Crippen LogP contribution in [0, 0.1) is 11.5 Å². The van der Waals surface area contributed by atoms with Gasteiger partial charge in [0.25, 0.3) is 5.91 Å². The highest BCUT2D eigenvalue weighted by atomic mass is 32.2. The second kappa shape index (κ2) is 4.03. The third-order valence-electron chi connectivity index (χ3n) is 2.02. The molecule has 0 fully saturated rings. The van der Waals surface area contributed by atoms with Crippen molar-refractivity contribution >= 4 is 29.0 Å². The van der Waals surface area contributed by atoms with Crippen LogP contribution in [-0.2, 0) is 12.2 Å². The zero-order valence-electron chi connectivity index (χ0n) is 7.37. The molecule has 1 aliphatic heterocycles. The second-order valence-corrected chi connectivity index (χ2v) is 5.17. The molecule has 0 aromatic carbocycles. The van der Waals surface area contributed by atoms with Crippen molar-refractivity contribution < 1.29 is 4.79 Å². The first kappa shape index (κ1) is 9.56. The number of hydrogen-bond acceptors (Lipinski definition) is 4. The zero-order valence-corrected chi connectivity index (χ0v) is 9.00. The average molecular weight is 224 g/mol. The van der Waals surface area contributed by atoms with Crippen LogP contribution in [0.4, 0.5) is 0 Å². The molecule has 1 aromatic heterocycles. The van der Waals surface area contributed by atoms with E-state index in [-0.39, 0.29) is 5.91 Å². The fourth-order valence-electron chi connectivity index (χ4n) is 1.37. The predicted molar refractivity (Wildman–Crippen MR) is 57.3 cm³/mol. The lowest BCUT2D eigenvalue weighted by Gasteiger charge is -2.08. The van der Waals surface area contributed by atoms with E-state index in [1.807, 2.05) is 17.8 Å². The van der Waals surface area contributed by atoms with E-state index in [9.17, 15) is 4.79 Å². The highest BCUT2D eigenvalue weighted by molar-refractivity contribution is 7.98. The molecule has 5 heteroatoms. The van der Waals surface area contributed by atoms with Gasteiger partial charge in [-0.25, -0.2) is 0 Å². The number of aryl methyl sites for hydroxylation is 1. The van der Waals surface area contributed by atoms with E-state index in [0.29, 0.717) is 4.88 Å². The van der Waals surface area contributed by atoms with E-state index in [4.69, 9.17) is 5.26 Å². The minimum absolute atomic E-state index is 0.281. The number of thioether (sulfide) groups is 1. The number of nitrogens with zero attached hydrogens (tertiary/aromatic N) is 1. The summed E-state index contributed by atoms with van der Waals surface area (Å²) in [5, 5.41) is 10.5. The van der Waals surface area contributed by atoms with Gasteiger partial charge in [0.05, 0.1) is 4.88 Å². The summed E-state index contributed by atoms with van der Waals surface area (Å²) >= 11 is 3.39. The highest BCUT2D eigenvalue weighted by Crippen LogP contribution is 2.31. The third-order valence-corrected chi connectivity index (χ3v) is 4.26. The summed E-state index contributed by atoms with van der Waals surface area (Å²) in [4.78, 5) is 13.3. The maximum absolute atomic E-state index is 11.3. The van der Waals surface area contributed by atoms with Crippen LogP contribution in [0.1, 0.15) is 20.1 Å². The van der Waals surface area contributed by atoms with E-state index in [2.05, 4.69) is 5.32 Å². The number of carbonyl (C=O) groups is 1. The van der Waals surface area contributed by atoms with Crippen molar-refractivity contribution in [3.8, 4) is 6.19 Å². The Morgan fingerprint density at radius 3 is 3.21 bits per heavy atom. The van der Waals surface area contributed by atoms with Crippen LogP contribution in [0.2, 0.25) is 0 Å². The molecule has 2 rings (SSSR count). The van der Waals surface area contributed by atoms with Crippen molar-refractivity contribution in [3.05, 3.63) is 21.4 Å². The maximum atomic E-state index is 11.3. The Balaban J connectivity index is 2.24. The molecular weight excluding hydrogens is 216 g/mol. The molecule has 1 aromatic rings. The molecule has 1 amide bonds. The summed E-state index contributed by atoms with van der Waals surface area (Å²) in [6, 6.07) is 1.90. The monoisotopic (exact) mass is 224 g/mol. The molecule has 1 N–H and O–H groups in total. The Kier molecular flexibility index (Phi) is 2.75. The third kappa shape index (κ3) is 1.76. The smallest absolute Gasteiger partial charge is 0.267 e. The Morgan fingerprint density at radius 2 is 2.50 bits per heavy atom. The number of hydrogen-bond donors (Lipinski definition) is 1. The highest BCUT2D eigenvalue weighted by Gasteiger charge is 2.16. The fraction of sp³-hybridized carbons (Fsp3) is 0.333. The molecule has 0 aliphatic carbocycles. The molecule has 0 bridgehead atoms. The summed E-state index contributed by atoms with van der Waals surface area (Å²) < 4.78 is 0. The minimum Gasteiger partial charge on any atom is -0.267 e. The van der Waals surface area contributed by atoms with Crippen LogP contribution < -0.4 is 5.32 Å². The van der Waals surface area contributed by atoms with E-state index in [0.717, 1.165) is 17.9 Å². The zero-order chi connectivity index (χ0) is 9.97. The van der Waals surface area contributed by atoms with Gasteiger partial charge in [-0.3, -0.25) is 10.1 Å². The fourth-order valence-corrected chi connectivity index (χ4v) is 3.64. The van der Waals surface area contributed by atoms with Crippen LogP contribution >= 0.6 is 23.1 Å². The lowest BCUT2D eigenvalue weighted by molar-refractivity contribution is 0.0977. The Hall–Kier alpha value is -0.990. The molecule has 2 heterocycles. The van der Waals surface area contributed by atoms with Gasteiger partial charge >= 0.3 is 0 Å². The van der Waals surface area contributed by atoms with E-state index >= 15 is 0 Å². The summed E-state index contributed by atoms with van der Waals surface area (Å²) in [6.45, 7) is 0. The van der Waals surface area contributed by atoms with Gasteiger partial charge in [-0.05, 0) is 23.8 Å². The van der Waals surface area contributed by atoms with Crippen molar-refractivity contribution in [3.63, 3.8) is 0 Å². The van der Waals surface area contributed by atoms with Gasteiger partial charge in [0.15, 0.2) is 6.19 Å². The Bertz CT molecular complexity index is 382. The lowest BCUT2D eigenvalue weighted by Crippen LogP contribution is -2.15. The van der Waals surface area contributed by atoms with E-state index in [1.165, 1.54) is 21.8 Å². The number of nitrogens with one attached hydrogen (secondary N) is 1. The standard InChI is InChI=1S/C9H8N2OS2/c10-5-11-9(12)8-3-6-4-13-2-1-7(6)14-8/h3H,1-2,4H2,(H,11,12). The molecule has 0 radical (unpaired) electrons. The summed E-state index contributed by atoms with van der Waals surface area (Å²) in [5.41, 5.74) is 1.26. The summed E-state index contributed by atoms with van der Waals surface area (Å²) in [5.74, 6) is 1.84. The minimum atomic E-state index is -0.281. The molecule has 3 nitrogen and oxygen atoms in total. The van der Waals surface area contributed by atoms with E-state index < -0.39 is 0 Å². The molecule has 0 unspecified atom stereocenters. The van der Waals surface area contributed by atoms with Gasteiger partial charge < -0.3 is 0 Å². The second-order valence-electron chi connectivity index (χ2n) is 2.93. The van der Waals surface area contributed by atoms with Crippen molar-refractivity contribution in [2.24, 2.45) is 0 Å². The number of thiophene rings is 1. The maximum Gasteiger partial charge on any atom is 0.274 e. The number of fused-ring (bicyclic) bond motifs is 1. The molecular formula is C9H8N2OS2. The van der Waals surface area contributed by atoms with Crippen LogP contribution in [0.5, 0.6) is 0 Å². The molecule has 14 heavy (non-hydrogen) atoms. The van der Waals surface area contributed by atoms with Crippen molar-refractivity contribution in [2.45, 2.75) is 12.2 Å². The molecule has 0 atom stereocenters. The SMILES string of the molecule is N#CNC(=O)c1cc2c(s1)CCSC2. The molecule has 72 valence electrons. The predicted octanol–water partition coefficient (Wildman–Crippen LogP) is 1.75. The van der Waals surface area contributed by atoms with Gasteiger partial charge in [-0.1, -0.05) is 0 Å². The van der Waals surface area contributed by atoms with Crippen LogP contribution in [-0.4, -0.2) is 11.7 Å². The van der Waals surface area contributed by atoms with Crippen molar-refractivity contribution in [1.29, 1.82) is 5.26 Å². The average Bonchev–Trinajstić information content (AvgIpc) is 2.61. The van der Waals surface area contributed by atoms with Gasteiger partial charge in [0, 0.05) is 10.6 Å². The lowest BCUT2D eigenvalue weighted by atomic mass is 10.2. The van der Waals surface area contributed by atoms with Crippen molar-refractivity contribution in [1.82, 2.24) is 5.32 Å². The Labute approximate surface area is 90.1 Å². The van der Waals surface area contributed by atoms with Crippen LogP contribution in [0.15, 0.2) is 6.07 Å². The largest absolute Gasteiger partial charge is 0.274 e. The first-order chi connectivity index (χ1) is 6.81. The molecule has 1 aliphatic rings. The van der Waals surface area contributed by atoms with Crippen LogP contribution in [0.25, 0.3) is 0 Å². The van der Waals surface area contributed by atoms with E-state index in [1.54, 1.807) is 6.19 Å². The molecule has 0 spiro atoms. The normalized spacial score (nSPS) is 14.2. The number of nitriles is 1. The Morgan fingerprint density at radius 1 is 1.64 bits per heavy atom. The van der Waals surface area contributed by atoms with Gasteiger partial charge in [0.1, 0.15) is 0 Å². The number of rotatable bonds is 1. The molecule has 0 saturated carbocycles. The quantitative estimate of drug-likeness (QED) is 0.584. The summed E-state index contributed by atoms with van der Waals surface area (Å²) in [7, 11) is 0. The van der Waals surface area contributed by atoms with Gasteiger partial charge in [0.2, 0.25) is 0 Å². The first-order valence-corrected chi connectivity index (χ1v) is 6.17. The first-order valence-electron chi connectivity index (χ1n) is 4.20. The number of carbonyl (C=O) groups excluding carboxylic acids is 1.